The number of nitrogens with zero attached hydrogens (tertiary/aromatic N) is 3. The van der Waals surface area contributed by atoms with Crippen molar-refractivity contribution in [2.75, 3.05) is 25.0 Å². The molecule has 1 aliphatic rings. The maximum atomic E-state index is 12.9. The van der Waals surface area contributed by atoms with Crippen molar-refractivity contribution in [3.8, 4) is 11.1 Å². The minimum absolute atomic E-state index is 0.130. The summed E-state index contributed by atoms with van der Waals surface area (Å²) in [7, 11) is 0. The lowest BCUT2D eigenvalue weighted by molar-refractivity contribution is -0.133. The van der Waals surface area contributed by atoms with Crippen LogP contribution in [0.2, 0.25) is 0 Å². The normalized spacial score (nSPS) is 17.6. The Morgan fingerprint density at radius 1 is 1.26 bits per heavy atom. The second-order valence-electron chi connectivity index (χ2n) is 7.49. The molecule has 2 aromatic rings. The summed E-state index contributed by atoms with van der Waals surface area (Å²) >= 11 is 0. The highest BCUT2D eigenvalue weighted by atomic mass is 16.5. The molecule has 0 spiro atoms. The van der Waals surface area contributed by atoms with Gasteiger partial charge in [-0.2, -0.15) is 5.10 Å². The maximum absolute atomic E-state index is 12.9. The van der Waals surface area contributed by atoms with Crippen LogP contribution in [-0.4, -0.2) is 52.4 Å². The minimum atomic E-state index is -0.786. The first-order valence-corrected chi connectivity index (χ1v) is 8.88. The molecule has 3 N–H and O–H groups in total. The fourth-order valence-corrected chi connectivity index (χ4v) is 2.99. The molecule has 0 aliphatic carbocycles. The molecular weight excluding hydrogens is 346 g/mol. The number of carbonyl (C=O) groups excluding carboxylic acids is 2. The molecule has 1 atom stereocenters. The van der Waals surface area contributed by atoms with E-state index < -0.39 is 12.0 Å². The lowest BCUT2D eigenvalue weighted by atomic mass is 10.1. The fourth-order valence-electron chi connectivity index (χ4n) is 2.99. The van der Waals surface area contributed by atoms with Crippen LogP contribution in [0.4, 0.5) is 10.6 Å². The number of hydrogen-bond donors (Lipinski definition) is 2. The van der Waals surface area contributed by atoms with E-state index >= 15 is 0 Å². The van der Waals surface area contributed by atoms with Crippen LogP contribution in [0.5, 0.6) is 0 Å². The molecule has 0 bridgehead atoms. The highest BCUT2D eigenvalue weighted by molar-refractivity contribution is 5.93. The number of nitrogens with one attached hydrogen (secondary N) is 1. The first-order chi connectivity index (χ1) is 12.8. The van der Waals surface area contributed by atoms with E-state index in [0.717, 1.165) is 11.1 Å². The van der Waals surface area contributed by atoms with Crippen LogP contribution in [0.3, 0.4) is 0 Å². The van der Waals surface area contributed by atoms with Crippen LogP contribution in [0.25, 0.3) is 11.1 Å². The van der Waals surface area contributed by atoms with E-state index in [-0.39, 0.29) is 24.7 Å². The number of hydrogen-bond acceptors (Lipinski definition) is 4. The van der Waals surface area contributed by atoms with E-state index in [1.807, 2.05) is 51.1 Å². The molecule has 27 heavy (non-hydrogen) atoms. The monoisotopic (exact) mass is 371 g/mol. The highest BCUT2D eigenvalue weighted by Gasteiger charge is 2.30. The van der Waals surface area contributed by atoms with E-state index in [0.29, 0.717) is 12.4 Å². The average molecular weight is 371 g/mol. The molecule has 8 nitrogen and oxygen atoms in total. The lowest BCUT2D eigenvalue weighted by Gasteiger charge is -2.32. The topological polar surface area (TPSA) is 102 Å². The number of urea groups is 1. The van der Waals surface area contributed by atoms with Crippen LogP contribution in [0.15, 0.2) is 36.5 Å². The van der Waals surface area contributed by atoms with Crippen molar-refractivity contribution in [2.45, 2.75) is 32.4 Å². The Hall–Kier alpha value is -2.87. The van der Waals surface area contributed by atoms with Crippen LogP contribution < -0.4 is 11.1 Å². The molecule has 1 fully saturated rings. The van der Waals surface area contributed by atoms with Gasteiger partial charge in [0.2, 0.25) is 5.91 Å². The van der Waals surface area contributed by atoms with Gasteiger partial charge >= 0.3 is 6.03 Å². The van der Waals surface area contributed by atoms with Crippen molar-refractivity contribution in [1.29, 1.82) is 0 Å². The summed E-state index contributed by atoms with van der Waals surface area (Å²) in [5, 5.41) is 7.46. The molecule has 1 aromatic heterocycles. The third-order valence-electron chi connectivity index (χ3n) is 4.39. The van der Waals surface area contributed by atoms with E-state index in [1.54, 1.807) is 10.9 Å². The second kappa shape index (κ2) is 7.40. The quantitative estimate of drug-likeness (QED) is 0.861. The number of amides is 3. The number of anilines is 1. The van der Waals surface area contributed by atoms with Gasteiger partial charge in [0, 0.05) is 12.1 Å². The molecule has 1 aliphatic heterocycles. The Kier molecular flexibility index (Phi) is 5.18. The predicted molar refractivity (Wildman–Crippen MR) is 102 cm³/mol. The van der Waals surface area contributed by atoms with Gasteiger partial charge in [0.15, 0.2) is 6.10 Å². The summed E-state index contributed by atoms with van der Waals surface area (Å²) in [5.74, 6) is 0.0398. The van der Waals surface area contributed by atoms with E-state index in [1.165, 1.54) is 4.90 Å². The van der Waals surface area contributed by atoms with Crippen molar-refractivity contribution < 1.29 is 14.3 Å². The summed E-state index contributed by atoms with van der Waals surface area (Å²) in [6, 6.07) is 9.44. The van der Waals surface area contributed by atoms with Crippen molar-refractivity contribution >= 4 is 17.8 Å². The van der Waals surface area contributed by atoms with Gasteiger partial charge in [0.05, 0.1) is 24.9 Å². The Balaban J connectivity index is 1.90. The molecule has 8 heteroatoms. The van der Waals surface area contributed by atoms with Crippen molar-refractivity contribution in [2.24, 2.45) is 5.73 Å². The molecule has 0 saturated carbocycles. The molecule has 144 valence electrons. The first-order valence-electron chi connectivity index (χ1n) is 8.88. The zero-order valence-electron chi connectivity index (χ0n) is 15.8. The number of carbonyl (C=O) groups is 2. The van der Waals surface area contributed by atoms with Crippen molar-refractivity contribution in [3.63, 3.8) is 0 Å². The van der Waals surface area contributed by atoms with Gasteiger partial charge in [0.1, 0.15) is 5.82 Å². The number of rotatable bonds is 3. The number of morpholine rings is 1. The molecule has 1 saturated heterocycles. The van der Waals surface area contributed by atoms with E-state index in [4.69, 9.17) is 10.5 Å². The number of primary amides is 1. The Morgan fingerprint density at radius 3 is 2.59 bits per heavy atom. The third kappa shape index (κ3) is 4.11. The second-order valence-corrected chi connectivity index (χ2v) is 7.49. The number of nitrogens with two attached hydrogens (primary N) is 1. The zero-order chi connectivity index (χ0) is 19.6. The maximum Gasteiger partial charge on any atom is 0.323 e. The SMILES string of the molecule is CC(C)(C)n1ncc(-c2ccccc2)c1NC(=O)N1CCO[C@@H](C(N)=O)C1. The van der Waals surface area contributed by atoms with Crippen LogP contribution in [0.1, 0.15) is 20.8 Å². The molecule has 0 unspecified atom stereocenters. The smallest absolute Gasteiger partial charge is 0.323 e. The minimum Gasteiger partial charge on any atom is -0.367 e. The summed E-state index contributed by atoms with van der Waals surface area (Å²) in [4.78, 5) is 25.8. The summed E-state index contributed by atoms with van der Waals surface area (Å²) in [6.07, 6.45) is 0.965. The summed E-state index contributed by atoms with van der Waals surface area (Å²) < 4.78 is 7.10. The van der Waals surface area contributed by atoms with Gasteiger partial charge in [-0.05, 0) is 26.3 Å². The highest BCUT2D eigenvalue weighted by Crippen LogP contribution is 2.32. The third-order valence-corrected chi connectivity index (χ3v) is 4.39. The number of benzene rings is 1. The molecule has 0 radical (unpaired) electrons. The molecule has 3 rings (SSSR count). The van der Waals surface area contributed by atoms with Gasteiger partial charge in [-0.25, -0.2) is 9.48 Å². The van der Waals surface area contributed by atoms with Crippen molar-refractivity contribution in [1.82, 2.24) is 14.7 Å². The first kappa shape index (κ1) is 18.9. The fraction of sp³-hybridized carbons (Fsp3) is 0.421. The Bertz CT molecular complexity index is 826. The lowest BCUT2D eigenvalue weighted by Crippen LogP contribution is -2.51. The standard InChI is InChI=1S/C19H25N5O3/c1-19(2,3)24-17(14(11-21-24)13-7-5-4-6-8-13)22-18(26)23-9-10-27-15(12-23)16(20)25/h4-8,11,15H,9-10,12H2,1-3H3,(H2,20,25)(H,22,26)/t15-/m1/s1. The van der Waals surface area contributed by atoms with Gasteiger partial charge < -0.3 is 15.4 Å². The number of aromatic nitrogens is 2. The molecular formula is C19H25N5O3. The van der Waals surface area contributed by atoms with Crippen LogP contribution in [-0.2, 0) is 15.1 Å². The van der Waals surface area contributed by atoms with E-state index in [9.17, 15) is 9.59 Å². The van der Waals surface area contributed by atoms with Gasteiger partial charge in [-0.1, -0.05) is 30.3 Å². The van der Waals surface area contributed by atoms with E-state index in [2.05, 4.69) is 10.4 Å². The molecule has 1 aromatic carbocycles. The molecule has 3 amide bonds. The largest absolute Gasteiger partial charge is 0.367 e. The predicted octanol–water partition coefficient (Wildman–Crippen LogP) is 2.02. The van der Waals surface area contributed by atoms with Crippen LogP contribution in [0, 0.1) is 0 Å². The Labute approximate surface area is 158 Å². The zero-order valence-corrected chi connectivity index (χ0v) is 15.8. The summed E-state index contributed by atoms with van der Waals surface area (Å²) in [6.45, 7) is 6.84. The van der Waals surface area contributed by atoms with Gasteiger partial charge in [0.25, 0.3) is 0 Å². The number of ether oxygens (including phenoxy) is 1. The Morgan fingerprint density at radius 2 is 1.96 bits per heavy atom. The van der Waals surface area contributed by atoms with Crippen LogP contribution >= 0.6 is 0 Å². The molecule has 2 heterocycles. The van der Waals surface area contributed by atoms with Crippen molar-refractivity contribution in [3.05, 3.63) is 36.5 Å². The average Bonchev–Trinajstić information content (AvgIpc) is 3.06. The van der Waals surface area contributed by atoms with Gasteiger partial charge in [-0.3, -0.25) is 10.1 Å². The van der Waals surface area contributed by atoms with Gasteiger partial charge in [-0.15, -0.1) is 0 Å². The summed E-state index contributed by atoms with van der Waals surface area (Å²) in [5.41, 5.74) is 6.78.